The molecule has 114 valence electrons. The molecule has 0 amide bonds. The first kappa shape index (κ1) is 15.8. The quantitative estimate of drug-likeness (QED) is 0.298. The Hall–Kier alpha value is -2.55. The molecule has 0 radical (unpaired) electrons. The molecular weight excluding hydrogens is 309 g/mol. The summed E-state index contributed by atoms with van der Waals surface area (Å²) in [5, 5.41) is 11.2. The lowest BCUT2D eigenvalue weighted by Crippen LogP contribution is -2.01. The van der Waals surface area contributed by atoms with Crippen molar-refractivity contribution < 1.29 is 9.31 Å². The summed E-state index contributed by atoms with van der Waals surface area (Å²) in [6.07, 6.45) is 5.33. The van der Waals surface area contributed by atoms with Crippen LogP contribution in [0, 0.1) is 15.9 Å². The normalized spacial score (nSPS) is 11.0. The molecule has 0 aliphatic rings. The van der Waals surface area contributed by atoms with E-state index >= 15 is 0 Å². The minimum absolute atomic E-state index is 0.285. The van der Waals surface area contributed by atoms with Crippen LogP contribution in [0.1, 0.15) is 5.56 Å². The van der Waals surface area contributed by atoms with Crippen molar-refractivity contribution in [3.8, 4) is 0 Å². The number of nitro groups is 1. The molecule has 1 heterocycles. The van der Waals surface area contributed by atoms with Gasteiger partial charge in [-0.25, -0.2) is 9.97 Å². The Balaban J connectivity index is 2.13. The Morgan fingerprint density at radius 1 is 1.55 bits per heavy atom. The van der Waals surface area contributed by atoms with E-state index in [1.54, 1.807) is 6.20 Å². The minimum atomic E-state index is -0.894. The van der Waals surface area contributed by atoms with Crippen LogP contribution in [0.3, 0.4) is 0 Å². The largest absolute Gasteiger partial charge is 0.383 e. The second-order valence-corrected chi connectivity index (χ2v) is 4.95. The number of nitrogens with two attached hydrogens (primary N) is 1. The van der Waals surface area contributed by atoms with Gasteiger partial charge in [-0.1, -0.05) is 11.8 Å². The molecule has 0 fully saturated rings. The highest BCUT2D eigenvalue weighted by molar-refractivity contribution is 7.98. The fraction of sp³-hybridized carbons (Fsp3) is 0.154. The summed E-state index contributed by atoms with van der Waals surface area (Å²) in [6.45, 7) is 0. The zero-order chi connectivity index (χ0) is 16.1. The second-order valence-electron chi connectivity index (χ2n) is 4.18. The summed E-state index contributed by atoms with van der Waals surface area (Å²) in [5.41, 5.74) is 6.16. The van der Waals surface area contributed by atoms with Crippen LogP contribution < -0.4 is 5.73 Å². The van der Waals surface area contributed by atoms with Gasteiger partial charge in [0.1, 0.15) is 5.82 Å². The number of benzene rings is 1. The summed E-state index contributed by atoms with van der Waals surface area (Å²) in [5.74, 6) is -0.537. The fourth-order valence-electron chi connectivity index (χ4n) is 1.63. The number of nitro benzene ring substituents is 1. The molecule has 0 spiro atoms. The maximum absolute atomic E-state index is 13.2. The van der Waals surface area contributed by atoms with Crippen molar-refractivity contribution in [2.24, 2.45) is 4.99 Å². The highest BCUT2D eigenvalue weighted by atomic mass is 32.2. The van der Waals surface area contributed by atoms with Gasteiger partial charge in [0, 0.05) is 30.5 Å². The molecule has 22 heavy (non-hydrogen) atoms. The SMILES string of the molecule is CSc1ncc(CC=Nc2ccc(F)c([N+](=O)[O-])c2)c(N)n1. The Kier molecular flexibility index (Phi) is 4.99. The molecular formula is C13H12FN5O2S. The Morgan fingerprint density at radius 3 is 2.95 bits per heavy atom. The zero-order valence-corrected chi connectivity index (χ0v) is 12.4. The number of halogens is 1. The molecule has 0 unspecified atom stereocenters. The van der Waals surface area contributed by atoms with Gasteiger partial charge in [-0.15, -0.1) is 0 Å². The predicted octanol–water partition coefficient (Wildman–Crippen LogP) is 2.77. The first-order valence-electron chi connectivity index (χ1n) is 6.13. The highest BCUT2D eigenvalue weighted by Gasteiger charge is 2.13. The molecule has 0 aliphatic carbocycles. The van der Waals surface area contributed by atoms with Crippen molar-refractivity contribution >= 4 is 35.2 Å². The Labute approximate surface area is 129 Å². The predicted molar refractivity (Wildman–Crippen MR) is 83.1 cm³/mol. The van der Waals surface area contributed by atoms with Gasteiger partial charge in [0.15, 0.2) is 5.16 Å². The lowest BCUT2D eigenvalue weighted by atomic mass is 10.2. The number of anilines is 1. The van der Waals surface area contributed by atoms with Crippen LogP contribution in [0.2, 0.25) is 0 Å². The van der Waals surface area contributed by atoms with E-state index in [2.05, 4.69) is 15.0 Å². The van der Waals surface area contributed by atoms with E-state index in [0.717, 1.165) is 12.1 Å². The third-order valence-corrected chi connectivity index (χ3v) is 3.30. The molecule has 2 rings (SSSR count). The summed E-state index contributed by atoms with van der Waals surface area (Å²) in [6, 6.07) is 3.44. The topological polar surface area (TPSA) is 107 Å². The lowest BCUT2D eigenvalue weighted by molar-refractivity contribution is -0.387. The first-order valence-corrected chi connectivity index (χ1v) is 7.35. The number of hydrogen-bond acceptors (Lipinski definition) is 7. The maximum Gasteiger partial charge on any atom is 0.306 e. The van der Waals surface area contributed by atoms with E-state index in [4.69, 9.17) is 5.73 Å². The number of thioether (sulfide) groups is 1. The molecule has 0 aliphatic heterocycles. The van der Waals surface area contributed by atoms with Crippen LogP contribution in [-0.4, -0.2) is 27.4 Å². The second kappa shape index (κ2) is 6.94. The minimum Gasteiger partial charge on any atom is -0.383 e. The maximum atomic E-state index is 13.2. The molecule has 1 aromatic carbocycles. The Morgan fingerprint density at radius 2 is 2.32 bits per heavy atom. The highest BCUT2D eigenvalue weighted by Crippen LogP contribution is 2.23. The standard InChI is InChI=1S/C13H12FN5O2S/c1-22-13-17-7-8(12(15)18-13)4-5-16-9-2-3-10(14)11(6-9)19(20)21/h2-3,5-7H,4H2,1H3,(H2,15,17,18). The van der Waals surface area contributed by atoms with E-state index in [1.165, 1.54) is 24.0 Å². The summed E-state index contributed by atoms with van der Waals surface area (Å²) >= 11 is 1.38. The number of aromatic nitrogens is 2. The van der Waals surface area contributed by atoms with Gasteiger partial charge in [-0.2, -0.15) is 4.39 Å². The van der Waals surface area contributed by atoms with Crippen molar-refractivity contribution in [1.82, 2.24) is 9.97 Å². The van der Waals surface area contributed by atoms with E-state index in [-0.39, 0.29) is 5.69 Å². The molecule has 7 nitrogen and oxygen atoms in total. The molecule has 2 aromatic rings. The number of nitrogens with zero attached hydrogens (tertiary/aromatic N) is 4. The zero-order valence-electron chi connectivity index (χ0n) is 11.6. The van der Waals surface area contributed by atoms with Gasteiger partial charge in [0.2, 0.25) is 5.82 Å². The fourth-order valence-corrected chi connectivity index (χ4v) is 1.98. The molecule has 0 saturated carbocycles. The first-order chi connectivity index (χ1) is 10.5. The van der Waals surface area contributed by atoms with Crippen molar-refractivity contribution in [1.29, 1.82) is 0 Å². The van der Waals surface area contributed by atoms with Crippen LogP contribution in [0.5, 0.6) is 0 Å². The molecule has 9 heteroatoms. The van der Waals surface area contributed by atoms with E-state index in [1.807, 2.05) is 6.26 Å². The molecule has 2 N–H and O–H groups in total. The van der Waals surface area contributed by atoms with Gasteiger partial charge >= 0.3 is 5.69 Å². The van der Waals surface area contributed by atoms with Gasteiger partial charge in [-0.05, 0) is 18.4 Å². The van der Waals surface area contributed by atoms with Gasteiger partial charge in [0.05, 0.1) is 10.6 Å². The van der Waals surface area contributed by atoms with E-state index in [0.29, 0.717) is 23.0 Å². The molecule has 0 saturated heterocycles. The number of aliphatic imine (C=N–C) groups is 1. The number of rotatable bonds is 5. The van der Waals surface area contributed by atoms with Crippen molar-refractivity contribution in [3.05, 3.63) is 45.9 Å². The molecule has 1 aromatic heterocycles. The average Bonchev–Trinajstić information content (AvgIpc) is 2.50. The van der Waals surface area contributed by atoms with Crippen molar-refractivity contribution in [3.63, 3.8) is 0 Å². The summed E-state index contributed by atoms with van der Waals surface area (Å²) in [4.78, 5) is 22.1. The smallest absolute Gasteiger partial charge is 0.306 e. The van der Waals surface area contributed by atoms with Gasteiger partial charge < -0.3 is 5.73 Å². The van der Waals surface area contributed by atoms with E-state index in [9.17, 15) is 14.5 Å². The number of hydrogen-bond donors (Lipinski definition) is 1. The lowest BCUT2D eigenvalue weighted by Gasteiger charge is -2.02. The molecule has 0 bridgehead atoms. The van der Waals surface area contributed by atoms with Gasteiger partial charge in [-0.3, -0.25) is 15.1 Å². The summed E-state index contributed by atoms with van der Waals surface area (Å²) in [7, 11) is 0. The third-order valence-electron chi connectivity index (χ3n) is 2.74. The van der Waals surface area contributed by atoms with Crippen LogP contribution in [0.25, 0.3) is 0 Å². The van der Waals surface area contributed by atoms with Crippen LogP contribution >= 0.6 is 11.8 Å². The Bertz CT molecular complexity index is 738. The molecule has 0 atom stereocenters. The van der Waals surface area contributed by atoms with Crippen LogP contribution in [0.4, 0.5) is 21.6 Å². The van der Waals surface area contributed by atoms with E-state index < -0.39 is 16.4 Å². The number of nitrogen functional groups attached to an aromatic ring is 1. The third kappa shape index (κ3) is 3.76. The van der Waals surface area contributed by atoms with Crippen molar-refractivity contribution in [2.75, 3.05) is 12.0 Å². The van der Waals surface area contributed by atoms with Crippen LogP contribution in [0.15, 0.2) is 34.5 Å². The van der Waals surface area contributed by atoms with Crippen LogP contribution in [-0.2, 0) is 6.42 Å². The van der Waals surface area contributed by atoms with Gasteiger partial charge in [0.25, 0.3) is 0 Å². The van der Waals surface area contributed by atoms with Crippen molar-refractivity contribution in [2.45, 2.75) is 11.6 Å². The summed E-state index contributed by atoms with van der Waals surface area (Å²) < 4.78 is 13.2. The monoisotopic (exact) mass is 321 g/mol. The average molecular weight is 321 g/mol.